The van der Waals surface area contributed by atoms with Crippen LogP contribution >= 0.6 is 0 Å². The molecular formula is C28H34O3Si. The quantitative estimate of drug-likeness (QED) is 0.552. The Labute approximate surface area is 192 Å². The van der Waals surface area contributed by atoms with Crippen molar-refractivity contribution in [3.63, 3.8) is 0 Å². The van der Waals surface area contributed by atoms with E-state index in [1.807, 2.05) is 6.07 Å². The summed E-state index contributed by atoms with van der Waals surface area (Å²) in [6.07, 6.45) is 1.63. The number of hydrogen-bond acceptors (Lipinski definition) is 3. The van der Waals surface area contributed by atoms with Gasteiger partial charge in [0.05, 0.1) is 6.10 Å². The van der Waals surface area contributed by atoms with Crippen LogP contribution in [0.4, 0.5) is 0 Å². The van der Waals surface area contributed by atoms with E-state index in [9.17, 15) is 10.2 Å². The summed E-state index contributed by atoms with van der Waals surface area (Å²) >= 11 is 0. The van der Waals surface area contributed by atoms with E-state index in [2.05, 4.69) is 93.6 Å². The highest BCUT2D eigenvalue weighted by atomic mass is 28.4. The van der Waals surface area contributed by atoms with Gasteiger partial charge in [-0.3, -0.25) is 0 Å². The third-order valence-corrected chi connectivity index (χ3v) is 11.8. The number of aliphatic hydroxyl groups excluding tert-OH is 2. The first kappa shape index (κ1) is 22.8. The Morgan fingerprint density at radius 2 is 1.47 bits per heavy atom. The molecule has 0 fully saturated rings. The Hall–Kier alpha value is -2.40. The molecule has 32 heavy (non-hydrogen) atoms. The zero-order valence-electron chi connectivity index (χ0n) is 19.3. The van der Waals surface area contributed by atoms with E-state index in [-0.39, 0.29) is 17.6 Å². The molecule has 3 aromatic carbocycles. The van der Waals surface area contributed by atoms with Crippen LogP contribution in [0.15, 0.2) is 78.9 Å². The largest absolute Gasteiger partial charge is 0.534 e. The molecule has 1 aliphatic rings. The lowest BCUT2D eigenvalue weighted by molar-refractivity contribution is 0.110. The molecule has 0 saturated heterocycles. The summed E-state index contributed by atoms with van der Waals surface area (Å²) < 4.78 is 7.29. The van der Waals surface area contributed by atoms with Gasteiger partial charge in [0.1, 0.15) is 5.75 Å². The van der Waals surface area contributed by atoms with Crippen molar-refractivity contribution in [1.29, 1.82) is 0 Å². The lowest BCUT2D eigenvalue weighted by atomic mass is 9.79. The van der Waals surface area contributed by atoms with Gasteiger partial charge in [-0.15, -0.1) is 0 Å². The minimum absolute atomic E-state index is 0.0496. The average Bonchev–Trinajstić information content (AvgIpc) is 2.79. The average molecular weight is 447 g/mol. The molecule has 0 aromatic heterocycles. The first-order valence-electron chi connectivity index (χ1n) is 11.6. The van der Waals surface area contributed by atoms with Gasteiger partial charge in [0.15, 0.2) is 0 Å². The topological polar surface area (TPSA) is 49.7 Å². The van der Waals surface area contributed by atoms with Crippen LogP contribution in [0.25, 0.3) is 0 Å². The zero-order valence-corrected chi connectivity index (χ0v) is 20.3. The molecular weight excluding hydrogens is 412 g/mol. The summed E-state index contributed by atoms with van der Waals surface area (Å²) in [4.78, 5) is 0. The van der Waals surface area contributed by atoms with E-state index >= 15 is 0 Å². The maximum absolute atomic E-state index is 10.6. The van der Waals surface area contributed by atoms with Crippen molar-refractivity contribution in [3.05, 3.63) is 90.0 Å². The van der Waals surface area contributed by atoms with E-state index in [4.69, 9.17) is 4.43 Å². The molecule has 2 unspecified atom stereocenters. The maximum atomic E-state index is 10.6. The Kier molecular flexibility index (Phi) is 6.56. The molecule has 0 amide bonds. The van der Waals surface area contributed by atoms with Crippen LogP contribution in [0.3, 0.4) is 0 Å². The summed E-state index contributed by atoms with van der Waals surface area (Å²) in [5.41, 5.74) is 2.30. The number of benzene rings is 3. The second-order valence-corrected chi connectivity index (χ2v) is 14.0. The maximum Gasteiger partial charge on any atom is 0.319 e. The molecule has 3 nitrogen and oxygen atoms in total. The van der Waals surface area contributed by atoms with Gasteiger partial charge in [0, 0.05) is 12.5 Å². The second-order valence-electron chi connectivity index (χ2n) is 9.81. The highest BCUT2D eigenvalue weighted by Gasteiger charge is 2.52. The number of hydrogen-bond donors (Lipinski definition) is 2. The Balaban J connectivity index is 1.91. The minimum Gasteiger partial charge on any atom is -0.534 e. The highest BCUT2D eigenvalue weighted by molar-refractivity contribution is 7.00. The normalized spacial score (nSPS) is 18.8. The van der Waals surface area contributed by atoms with Gasteiger partial charge in [-0.25, -0.2) is 0 Å². The van der Waals surface area contributed by atoms with E-state index in [0.717, 1.165) is 17.7 Å². The van der Waals surface area contributed by atoms with Crippen molar-refractivity contribution in [1.82, 2.24) is 0 Å². The van der Waals surface area contributed by atoms with Crippen LogP contribution in [0.5, 0.6) is 5.75 Å². The lowest BCUT2D eigenvalue weighted by Gasteiger charge is -2.44. The van der Waals surface area contributed by atoms with Gasteiger partial charge >= 0.3 is 8.32 Å². The van der Waals surface area contributed by atoms with Crippen molar-refractivity contribution in [3.8, 4) is 5.75 Å². The molecule has 4 heteroatoms. The molecule has 2 atom stereocenters. The third-order valence-electron chi connectivity index (χ3n) is 6.84. The highest BCUT2D eigenvalue weighted by Crippen LogP contribution is 2.42. The molecule has 168 valence electrons. The summed E-state index contributed by atoms with van der Waals surface area (Å²) in [6.45, 7) is 6.92. The van der Waals surface area contributed by atoms with E-state index in [1.165, 1.54) is 15.9 Å². The van der Waals surface area contributed by atoms with Crippen LogP contribution in [0, 0.1) is 0 Å². The third kappa shape index (κ3) is 4.03. The van der Waals surface area contributed by atoms with Crippen LogP contribution in [-0.2, 0) is 6.42 Å². The Bertz CT molecular complexity index is 988. The minimum atomic E-state index is -2.72. The molecule has 4 rings (SSSR count). The second kappa shape index (κ2) is 9.22. The first-order chi connectivity index (χ1) is 15.4. The molecule has 0 aliphatic heterocycles. The Morgan fingerprint density at radius 3 is 2.00 bits per heavy atom. The van der Waals surface area contributed by atoms with Crippen molar-refractivity contribution >= 4 is 18.7 Å². The van der Waals surface area contributed by atoms with Crippen LogP contribution < -0.4 is 14.8 Å². The number of fused-ring (bicyclic) bond motifs is 1. The SMILES string of the molecule is CC(C)(C)[Si](Oc1cccc2c1CCC(O)C2CCO)(c1ccccc1)c1ccccc1. The van der Waals surface area contributed by atoms with Gasteiger partial charge in [-0.2, -0.15) is 0 Å². The van der Waals surface area contributed by atoms with Gasteiger partial charge < -0.3 is 14.6 Å². The summed E-state index contributed by atoms with van der Waals surface area (Å²) in [6, 6.07) is 27.6. The van der Waals surface area contributed by atoms with Crippen molar-refractivity contribution in [2.45, 2.75) is 57.1 Å². The molecule has 3 aromatic rings. The van der Waals surface area contributed by atoms with Gasteiger partial charge in [-0.1, -0.05) is 93.6 Å². The van der Waals surface area contributed by atoms with E-state index < -0.39 is 14.4 Å². The van der Waals surface area contributed by atoms with Crippen LogP contribution in [0.1, 0.15) is 50.7 Å². The molecule has 2 N–H and O–H groups in total. The molecule has 1 aliphatic carbocycles. The fourth-order valence-corrected chi connectivity index (χ4v) is 9.75. The van der Waals surface area contributed by atoms with Gasteiger partial charge in [0.25, 0.3) is 0 Å². The molecule has 0 saturated carbocycles. The van der Waals surface area contributed by atoms with E-state index in [0.29, 0.717) is 12.8 Å². The molecule has 0 radical (unpaired) electrons. The summed E-state index contributed by atoms with van der Waals surface area (Å²) in [5.74, 6) is 0.873. The molecule has 0 bridgehead atoms. The predicted molar refractivity (Wildman–Crippen MR) is 133 cm³/mol. The fraction of sp³-hybridized carbons (Fsp3) is 0.357. The smallest absolute Gasteiger partial charge is 0.319 e. The fourth-order valence-electron chi connectivity index (χ4n) is 5.30. The van der Waals surface area contributed by atoms with Crippen molar-refractivity contribution in [2.24, 2.45) is 0 Å². The molecule has 0 spiro atoms. The van der Waals surface area contributed by atoms with Crippen molar-refractivity contribution in [2.75, 3.05) is 6.61 Å². The predicted octanol–water partition coefficient (Wildman–Crippen LogP) is 4.40. The van der Waals surface area contributed by atoms with Gasteiger partial charge in [0.2, 0.25) is 0 Å². The van der Waals surface area contributed by atoms with Crippen LogP contribution in [-0.4, -0.2) is 31.2 Å². The monoisotopic (exact) mass is 446 g/mol. The van der Waals surface area contributed by atoms with Crippen LogP contribution in [0.2, 0.25) is 5.04 Å². The standard InChI is InChI=1S/C28H34O3Si/c1-28(2,3)32(21-11-6-4-7-12-21,22-13-8-5-9-14-22)31-27-16-10-15-23-24(19-20-29)26(30)18-17-25(23)27/h4-16,24,26,29-30H,17-20H2,1-3H3. The summed E-state index contributed by atoms with van der Waals surface area (Å²) in [5, 5.41) is 22.6. The van der Waals surface area contributed by atoms with Crippen molar-refractivity contribution < 1.29 is 14.6 Å². The number of rotatable bonds is 6. The Morgan fingerprint density at radius 1 is 0.875 bits per heavy atom. The zero-order chi connectivity index (χ0) is 22.8. The molecule has 0 heterocycles. The van der Waals surface area contributed by atoms with E-state index in [1.54, 1.807) is 0 Å². The van der Waals surface area contributed by atoms with Gasteiger partial charge in [-0.05, 0) is 51.9 Å². The number of aliphatic hydroxyl groups is 2. The lowest BCUT2D eigenvalue weighted by Crippen LogP contribution is -2.69. The summed E-state index contributed by atoms with van der Waals surface area (Å²) in [7, 11) is -2.72. The first-order valence-corrected chi connectivity index (χ1v) is 13.5.